The number of fused-ring (bicyclic) bond motifs is 1. The number of aromatic carboxylic acids is 1. The van der Waals surface area contributed by atoms with Crippen LogP contribution in [0, 0.1) is 0 Å². The second kappa shape index (κ2) is 9.94. The molecule has 7 heteroatoms. The van der Waals surface area contributed by atoms with E-state index in [1.54, 1.807) is 4.90 Å². The van der Waals surface area contributed by atoms with Gasteiger partial charge in [-0.3, -0.25) is 9.59 Å². The van der Waals surface area contributed by atoms with Crippen LogP contribution in [-0.2, 0) is 22.8 Å². The van der Waals surface area contributed by atoms with Crippen LogP contribution in [0.3, 0.4) is 0 Å². The molecule has 3 rings (SSSR count). The Morgan fingerprint density at radius 1 is 1.08 bits per heavy atom. The van der Waals surface area contributed by atoms with Crippen LogP contribution in [0.15, 0.2) is 36.4 Å². The van der Waals surface area contributed by atoms with Crippen molar-refractivity contribution < 1.29 is 23.9 Å². The summed E-state index contributed by atoms with van der Waals surface area (Å²) in [6, 6.07) is 10.7. The van der Waals surface area contributed by atoms with Gasteiger partial charge < -0.3 is 14.4 Å². The Morgan fingerprint density at radius 3 is 2.22 bits per heavy atom. The Bertz CT molecular complexity index is 1170. The number of benzene rings is 2. The number of hydrogen-bond acceptors (Lipinski definition) is 4. The van der Waals surface area contributed by atoms with Crippen molar-refractivity contribution in [1.29, 1.82) is 0 Å². The van der Waals surface area contributed by atoms with Crippen molar-refractivity contribution >= 4 is 26.5 Å². The number of rotatable bonds is 6. The van der Waals surface area contributed by atoms with Crippen molar-refractivity contribution in [2.45, 2.75) is 84.1 Å². The topological polar surface area (TPSA) is 83.9 Å². The number of carboxylic acid groups (broad SMARTS) is 1. The molecular weight excluding hydrogens is 470 g/mol. The van der Waals surface area contributed by atoms with E-state index in [1.807, 2.05) is 39.0 Å². The summed E-state index contributed by atoms with van der Waals surface area (Å²) in [7, 11) is -2.07. The maximum atomic E-state index is 14.1. The quantitative estimate of drug-likeness (QED) is 0.377. The molecule has 0 saturated heterocycles. The first-order valence-corrected chi connectivity index (χ1v) is 15.4. The zero-order chi connectivity index (χ0) is 27.1. The Kier molecular flexibility index (Phi) is 7.68. The summed E-state index contributed by atoms with van der Waals surface area (Å²) in [5.74, 6) is -1.47. The first-order chi connectivity index (χ1) is 16.6. The predicted octanol–water partition coefficient (Wildman–Crippen LogP) is 6.08. The minimum absolute atomic E-state index is 0.000331. The molecule has 1 heterocycles. The van der Waals surface area contributed by atoms with Gasteiger partial charge in [-0.1, -0.05) is 65.8 Å². The number of carbonyl (C=O) groups is 3. The molecule has 1 N–H and O–H groups in total. The Morgan fingerprint density at radius 2 is 1.69 bits per heavy atom. The Balaban J connectivity index is 2.10. The molecule has 0 fully saturated rings. The number of nitrogens with zero attached hydrogens (tertiary/aromatic N) is 1. The van der Waals surface area contributed by atoms with Gasteiger partial charge in [-0.05, 0) is 58.8 Å². The summed E-state index contributed by atoms with van der Waals surface area (Å²) in [5, 5.41) is 9.78. The second-order valence-electron chi connectivity index (χ2n) is 12.3. The average Bonchev–Trinajstić information content (AvgIpc) is 2.79. The molecule has 1 amide bonds. The molecule has 6 nitrogen and oxygen atoms in total. The normalized spacial score (nSPS) is 16.4. The fraction of sp³-hybridized carbons (Fsp3) is 0.483. The van der Waals surface area contributed by atoms with Gasteiger partial charge in [-0.15, -0.1) is 0 Å². The van der Waals surface area contributed by atoms with Gasteiger partial charge in [0, 0.05) is 12.1 Å². The maximum absolute atomic E-state index is 14.1. The van der Waals surface area contributed by atoms with Crippen LogP contribution >= 0.6 is 0 Å². The van der Waals surface area contributed by atoms with Crippen molar-refractivity contribution in [3.8, 4) is 0 Å². The maximum Gasteiger partial charge on any atom is 0.335 e. The molecule has 0 aliphatic carbocycles. The van der Waals surface area contributed by atoms with Crippen molar-refractivity contribution in [2.75, 3.05) is 6.61 Å². The number of aldehydes is 1. The van der Waals surface area contributed by atoms with Crippen LogP contribution in [0.2, 0.25) is 18.1 Å². The average molecular weight is 510 g/mol. The highest BCUT2D eigenvalue weighted by Gasteiger charge is 2.40. The third kappa shape index (κ3) is 5.62. The molecule has 1 aliphatic rings. The lowest BCUT2D eigenvalue weighted by molar-refractivity contribution is 0.0552. The minimum Gasteiger partial charge on any atom is -0.478 e. The second-order valence-corrected chi connectivity index (χ2v) is 17.1. The Labute approximate surface area is 215 Å². The lowest BCUT2D eigenvalue weighted by Gasteiger charge is -2.41. The van der Waals surface area contributed by atoms with Crippen molar-refractivity contribution in [1.82, 2.24) is 4.90 Å². The molecule has 0 saturated carbocycles. The van der Waals surface area contributed by atoms with E-state index in [1.165, 1.54) is 17.7 Å². The van der Waals surface area contributed by atoms with Crippen molar-refractivity contribution in [3.63, 3.8) is 0 Å². The molecule has 194 valence electrons. The van der Waals surface area contributed by atoms with Gasteiger partial charge in [0.2, 0.25) is 0 Å². The highest BCUT2D eigenvalue weighted by molar-refractivity contribution is 6.74. The lowest BCUT2D eigenvalue weighted by atomic mass is 9.81. The molecular formula is C29H39NO5Si. The first-order valence-electron chi connectivity index (χ1n) is 12.5. The van der Waals surface area contributed by atoms with Gasteiger partial charge in [-0.2, -0.15) is 0 Å². The molecule has 1 atom stereocenters. The fourth-order valence-electron chi connectivity index (χ4n) is 4.35. The van der Waals surface area contributed by atoms with Crippen molar-refractivity contribution in [2.24, 2.45) is 0 Å². The SMILES string of the molecule is CC(C)(C)c1cc(C(=O)O)cc(C(=O)N2Cc3ccccc3CC2CO[Si](C)(C)C(C)(C)C)c1C=O. The highest BCUT2D eigenvalue weighted by Crippen LogP contribution is 2.37. The van der Waals surface area contributed by atoms with E-state index >= 15 is 0 Å². The van der Waals surface area contributed by atoms with Crippen LogP contribution in [0.25, 0.3) is 0 Å². The van der Waals surface area contributed by atoms with Crippen LogP contribution in [0.1, 0.15) is 89.3 Å². The van der Waals surface area contributed by atoms with Gasteiger partial charge in [0.15, 0.2) is 14.6 Å². The highest BCUT2D eigenvalue weighted by atomic mass is 28.4. The standard InChI is InChI=1S/C29H39NO5Si/c1-28(2,3)25-15-21(27(33)34)14-23(24(25)17-31)26(32)30-16-20-12-10-9-11-19(20)13-22(30)18-35-36(7,8)29(4,5)6/h9-12,14-15,17,22H,13,16,18H2,1-8H3,(H,33,34). The summed E-state index contributed by atoms with van der Waals surface area (Å²) in [5.41, 5.74) is 2.64. The number of carbonyl (C=O) groups excluding carboxylic acids is 2. The molecule has 2 aromatic rings. The zero-order valence-electron chi connectivity index (χ0n) is 22.8. The van der Waals surface area contributed by atoms with E-state index < -0.39 is 19.7 Å². The molecule has 36 heavy (non-hydrogen) atoms. The first kappa shape index (κ1) is 27.8. The predicted molar refractivity (Wildman–Crippen MR) is 144 cm³/mol. The summed E-state index contributed by atoms with van der Waals surface area (Å²) in [6.07, 6.45) is 1.32. The van der Waals surface area contributed by atoms with Crippen LogP contribution < -0.4 is 0 Å². The van der Waals surface area contributed by atoms with Crippen LogP contribution in [-0.4, -0.2) is 49.1 Å². The summed E-state index contributed by atoms with van der Waals surface area (Å²) in [6.45, 7) is 17.4. The fourth-order valence-corrected chi connectivity index (χ4v) is 5.39. The summed E-state index contributed by atoms with van der Waals surface area (Å²) < 4.78 is 6.54. The smallest absolute Gasteiger partial charge is 0.335 e. The van der Waals surface area contributed by atoms with Gasteiger partial charge >= 0.3 is 5.97 Å². The third-order valence-electron chi connectivity index (χ3n) is 7.64. The molecule has 0 radical (unpaired) electrons. The van der Waals surface area contributed by atoms with Gasteiger partial charge in [0.25, 0.3) is 5.91 Å². The monoisotopic (exact) mass is 509 g/mol. The van der Waals surface area contributed by atoms with Gasteiger partial charge in [0.1, 0.15) is 0 Å². The number of amides is 1. The summed E-state index contributed by atoms with van der Waals surface area (Å²) >= 11 is 0. The Hall–Kier alpha value is -2.77. The molecule has 0 aromatic heterocycles. The van der Waals surface area contributed by atoms with E-state index in [-0.39, 0.29) is 33.7 Å². The molecule has 0 spiro atoms. The third-order valence-corrected chi connectivity index (χ3v) is 12.1. The van der Waals surface area contributed by atoms with E-state index in [9.17, 15) is 19.5 Å². The zero-order valence-corrected chi connectivity index (χ0v) is 23.8. The molecule has 0 bridgehead atoms. The minimum atomic E-state index is -2.07. The van der Waals surface area contributed by atoms with E-state index in [2.05, 4.69) is 39.9 Å². The molecule has 2 aromatic carbocycles. The largest absolute Gasteiger partial charge is 0.478 e. The van der Waals surface area contributed by atoms with Gasteiger partial charge in [0.05, 0.1) is 23.8 Å². The van der Waals surface area contributed by atoms with E-state index in [0.717, 1.165) is 5.56 Å². The lowest BCUT2D eigenvalue weighted by Crippen LogP contribution is -2.50. The molecule has 1 unspecified atom stereocenters. The molecule has 1 aliphatic heterocycles. The van der Waals surface area contributed by atoms with E-state index in [4.69, 9.17) is 4.43 Å². The van der Waals surface area contributed by atoms with Gasteiger partial charge in [-0.25, -0.2) is 4.79 Å². The van der Waals surface area contributed by atoms with Crippen LogP contribution in [0.4, 0.5) is 0 Å². The van der Waals surface area contributed by atoms with Crippen molar-refractivity contribution in [3.05, 3.63) is 69.8 Å². The van der Waals surface area contributed by atoms with Crippen LogP contribution in [0.5, 0.6) is 0 Å². The number of hydrogen-bond donors (Lipinski definition) is 1. The van der Waals surface area contributed by atoms with E-state index in [0.29, 0.717) is 31.4 Å². The number of carboxylic acids is 1. The summed E-state index contributed by atoms with van der Waals surface area (Å²) in [4.78, 5) is 40.1.